The average molecular weight is 383 g/mol. The van der Waals surface area contributed by atoms with Crippen LogP contribution < -0.4 is 11.2 Å². The Kier molecular flexibility index (Phi) is 5.36. The van der Waals surface area contributed by atoms with E-state index in [4.69, 9.17) is 16.3 Å². The lowest BCUT2D eigenvalue weighted by Gasteiger charge is -2.13. The van der Waals surface area contributed by atoms with Crippen LogP contribution >= 0.6 is 22.9 Å². The number of hydrogen-bond acceptors (Lipinski definition) is 4. The van der Waals surface area contributed by atoms with Crippen LogP contribution in [-0.4, -0.2) is 22.9 Å². The zero-order chi connectivity index (χ0) is 18.0. The molecule has 3 rings (SSSR count). The van der Waals surface area contributed by atoms with E-state index in [2.05, 4.69) is 0 Å². The van der Waals surface area contributed by atoms with Crippen molar-refractivity contribution in [3.63, 3.8) is 0 Å². The van der Waals surface area contributed by atoms with E-state index in [1.54, 1.807) is 24.6 Å². The zero-order valence-corrected chi connectivity index (χ0v) is 15.1. The molecule has 1 aromatic carbocycles. The molecule has 0 aliphatic rings. The molecule has 0 aliphatic heterocycles. The van der Waals surface area contributed by atoms with Crippen molar-refractivity contribution in [2.24, 2.45) is 0 Å². The summed E-state index contributed by atoms with van der Waals surface area (Å²) in [6.07, 6.45) is 0.531. The lowest BCUT2D eigenvalue weighted by Crippen LogP contribution is -2.40. The number of halogens is 2. The van der Waals surface area contributed by atoms with Gasteiger partial charge in [-0.15, -0.1) is 11.3 Å². The molecule has 0 unspecified atom stereocenters. The van der Waals surface area contributed by atoms with Gasteiger partial charge in [0.2, 0.25) is 0 Å². The summed E-state index contributed by atoms with van der Waals surface area (Å²) in [5.41, 5.74) is -0.100. The third-order valence-corrected chi connectivity index (χ3v) is 5.19. The molecule has 0 saturated carbocycles. The summed E-state index contributed by atoms with van der Waals surface area (Å²) in [5, 5.41) is 1.98. The van der Waals surface area contributed by atoms with E-state index < -0.39 is 11.5 Å². The molecule has 3 aromatic rings. The molecule has 5 nitrogen and oxygen atoms in total. The Morgan fingerprint density at radius 3 is 2.76 bits per heavy atom. The standard InChI is InChI=1S/C17H16ClFN2O3S/c1-24-8-3-7-20-16(22)15-14(6-9-25-15)21(17(20)23)10-11-12(18)4-2-5-13(11)19/h2,4-6,9H,3,7-8,10H2,1H3. The number of methoxy groups -OCH3 is 1. The summed E-state index contributed by atoms with van der Waals surface area (Å²) < 4.78 is 22.2. The molecule has 2 heterocycles. The third-order valence-electron chi connectivity index (χ3n) is 3.94. The van der Waals surface area contributed by atoms with Crippen molar-refractivity contribution in [3.8, 4) is 0 Å². The fourth-order valence-corrected chi connectivity index (χ4v) is 3.76. The second-order valence-corrected chi connectivity index (χ2v) is 6.83. The summed E-state index contributed by atoms with van der Waals surface area (Å²) >= 11 is 7.35. The van der Waals surface area contributed by atoms with E-state index in [0.29, 0.717) is 23.2 Å². The van der Waals surface area contributed by atoms with E-state index in [9.17, 15) is 14.0 Å². The molecule has 0 N–H and O–H groups in total. The first kappa shape index (κ1) is 17.8. The Hall–Kier alpha value is -1.96. The number of benzene rings is 1. The first-order chi connectivity index (χ1) is 12.0. The Labute approximate surface area is 151 Å². The Morgan fingerprint density at radius 2 is 2.04 bits per heavy atom. The van der Waals surface area contributed by atoms with Crippen LogP contribution in [0, 0.1) is 5.82 Å². The highest BCUT2D eigenvalue weighted by molar-refractivity contribution is 7.17. The topological polar surface area (TPSA) is 53.2 Å². The maximum absolute atomic E-state index is 14.1. The average Bonchev–Trinajstić information content (AvgIpc) is 3.07. The van der Waals surface area contributed by atoms with E-state index in [1.165, 1.54) is 32.6 Å². The molecule has 8 heteroatoms. The first-order valence-corrected chi connectivity index (χ1v) is 8.93. The highest BCUT2D eigenvalue weighted by Crippen LogP contribution is 2.22. The van der Waals surface area contributed by atoms with Crippen LogP contribution in [0.2, 0.25) is 5.02 Å². The predicted molar refractivity (Wildman–Crippen MR) is 97.4 cm³/mol. The molecule has 0 atom stereocenters. The minimum atomic E-state index is -0.486. The first-order valence-electron chi connectivity index (χ1n) is 7.67. The molecule has 25 heavy (non-hydrogen) atoms. The van der Waals surface area contributed by atoms with Gasteiger partial charge < -0.3 is 4.74 Å². The lowest BCUT2D eigenvalue weighted by atomic mass is 10.2. The van der Waals surface area contributed by atoms with Crippen molar-refractivity contribution in [2.45, 2.75) is 19.5 Å². The number of rotatable bonds is 6. The van der Waals surface area contributed by atoms with Crippen molar-refractivity contribution >= 4 is 33.2 Å². The molecule has 0 aliphatic carbocycles. The van der Waals surface area contributed by atoms with E-state index >= 15 is 0 Å². The fourth-order valence-electron chi connectivity index (χ4n) is 2.69. The zero-order valence-electron chi connectivity index (χ0n) is 13.5. The van der Waals surface area contributed by atoms with E-state index in [1.807, 2.05) is 0 Å². The minimum absolute atomic E-state index is 0.0396. The van der Waals surface area contributed by atoms with Gasteiger partial charge in [-0.2, -0.15) is 0 Å². The van der Waals surface area contributed by atoms with Crippen LogP contribution in [0.5, 0.6) is 0 Å². The molecule has 2 aromatic heterocycles. The SMILES string of the molecule is COCCCn1c(=O)c2sccc2n(Cc2c(F)cccc2Cl)c1=O. The van der Waals surface area contributed by atoms with Gasteiger partial charge in [-0.3, -0.25) is 13.9 Å². The van der Waals surface area contributed by atoms with Crippen LogP contribution in [0.15, 0.2) is 39.2 Å². The molecule has 0 spiro atoms. The number of thiophene rings is 1. The van der Waals surface area contributed by atoms with Crippen molar-refractivity contribution < 1.29 is 9.13 Å². The summed E-state index contributed by atoms with van der Waals surface area (Å²) in [7, 11) is 1.56. The molecule has 0 bridgehead atoms. The van der Waals surface area contributed by atoms with Crippen LogP contribution in [0.25, 0.3) is 10.2 Å². The summed E-state index contributed by atoms with van der Waals surface area (Å²) in [5.74, 6) is -0.486. The largest absolute Gasteiger partial charge is 0.385 e. The fraction of sp³-hybridized carbons (Fsp3) is 0.294. The van der Waals surface area contributed by atoms with Gasteiger partial charge in [-0.1, -0.05) is 17.7 Å². The van der Waals surface area contributed by atoms with Gasteiger partial charge in [0.25, 0.3) is 5.56 Å². The molecule has 0 amide bonds. The van der Waals surface area contributed by atoms with Crippen LogP contribution in [-0.2, 0) is 17.8 Å². The van der Waals surface area contributed by atoms with Crippen LogP contribution in [0.3, 0.4) is 0 Å². The van der Waals surface area contributed by atoms with Crippen molar-refractivity contribution in [2.75, 3.05) is 13.7 Å². The lowest BCUT2D eigenvalue weighted by molar-refractivity contribution is 0.189. The summed E-state index contributed by atoms with van der Waals surface area (Å²) in [6, 6.07) is 6.07. The molecule has 0 saturated heterocycles. The van der Waals surface area contributed by atoms with Gasteiger partial charge in [0.1, 0.15) is 10.5 Å². The molecule has 0 radical (unpaired) electrons. The van der Waals surface area contributed by atoms with Crippen molar-refractivity contribution in [3.05, 3.63) is 66.9 Å². The quantitative estimate of drug-likeness (QED) is 0.615. The van der Waals surface area contributed by atoms with E-state index in [0.717, 1.165) is 0 Å². The number of hydrogen-bond donors (Lipinski definition) is 0. The highest BCUT2D eigenvalue weighted by Gasteiger charge is 2.16. The summed E-state index contributed by atoms with van der Waals surface area (Å²) in [6.45, 7) is 0.639. The second-order valence-electron chi connectivity index (χ2n) is 5.51. The second kappa shape index (κ2) is 7.51. The molecular formula is C17H16ClFN2O3S. The van der Waals surface area contributed by atoms with Crippen LogP contribution in [0.4, 0.5) is 4.39 Å². The van der Waals surface area contributed by atoms with Gasteiger partial charge in [0, 0.05) is 30.8 Å². The summed E-state index contributed by atoms with van der Waals surface area (Å²) in [4.78, 5) is 25.4. The van der Waals surface area contributed by atoms with Gasteiger partial charge >= 0.3 is 5.69 Å². The molecule has 0 fully saturated rings. The monoisotopic (exact) mass is 382 g/mol. The maximum Gasteiger partial charge on any atom is 0.331 e. The Balaban J connectivity index is 2.16. The van der Waals surface area contributed by atoms with Gasteiger partial charge in [0.05, 0.1) is 12.1 Å². The van der Waals surface area contributed by atoms with Gasteiger partial charge in [-0.25, -0.2) is 9.18 Å². The van der Waals surface area contributed by atoms with Crippen molar-refractivity contribution in [1.82, 2.24) is 9.13 Å². The van der Waals surface area contributed by atoms with Gasteiger partial charge in [0.15, 0.2) is 0 Å². The number of aromatic nitrogens is 2. The highest BCUT2D eigenvalue weighted by atomic mass is 35.5. The Morgan fingerprint density at radius 1 is 1.24 bits per heavy atom. The minimum Gasteiger partial charge on any atom is -0.385 e. The molecular weight excluding hydrogens is 367 g/mol. The predicted octanol–water partition coefficient (Wildman–Crippen LogP) is 3.10. The number of fused-ring (bicyclic) bond motifs is 1. The normalized spacial score (nSPS) is 11.3. The maximum atomic E-state index is 14.1. The number of nitrogens with zero attached hydrogens (tertiary/aromatic N) is 2. The van der Waals surface area contributed by atoms with Crippen LogP contribution in [0.1, 0.15) is 12.0 Å². The Bertz CT molecular complexity index is 1000. The molecule has 132 valence electrons. The third kappa shape index (κ3) is 3.40. The smallest absolute Gasteiger partial charge is 0.331 e. The van der Waals surface area contributed by atoms with Crippen molar-refractivity contribution in [1.29, 1.82) is 0 Å². The van der Waals surface area contributed by atoms with Gasteiger partial charge in [-0.05, 0) is 30.0 Å². The van der Waals surface area contributed by atoms with E-state index in [-0.39, 0.29) is 29.2 Å². The number of ether oxygens (including phenoxy) is 1.